The second kappa shape index (κ2) is 8.19. The number of benzene rings is 2. The maximum absolute atomic E-state index is 12.1. The molecule has 1 aliphatic rings. The standard InChI is InChI=1S/C22H25NO4S/c1-22(2,3)27-21(24)23-19-11-15-10-18(9-8-14(15)12-20(19)28)26-17-7-5-6-16(13-17)25-4/h5-10,13,19H,11-12H2,1-4H3,(H,23,24)/t19-/m1/s1. The van der Waals surface area contributed by atoms with Crippen LogP contribution in [0.4, 0.5) is 4.79 Å². The van der Waals surface area contributed by atoms with Crippen LogP contribution in [0.5, 0.6) is 17.2 Å². The van der Waals surface area contributed by atoms with E-state index in [4.69, 9.17) is 26.4 Å². The van der Waals surface area contributed by atoms with Gasteiger partial charge in [0.25, 0.3) is 0 Å². The van der Waals surface area contributed by atoms with Crippen LogP contribution in [-0.2, 0) is 17.6 Å². The highest BCUT2D eigenvalue weighted by molar-refractivity contribution is 7.80. The largest absolute Gasteiger partial charge is 0.497 e. The Kier molecular flexibility index (Phi) is 5.89. The van der Waals surface area contributed by atoms with E-state index in [2.05, 4.69) is 5.32 Å². The van der Waals surface area contributed by atoms with Crippen molar-refractivity contribution in [2.24, 2.45) is 0 Å². The van der Waals surface area contributed by atoms with E-state index in [9.17, 15) is 4.79 Å². The molecule has 1 amide bonds. The minimum atomic E-state index is -0.546. The van der Waals surface area contributed by atoms with Gasteiger partial charge < -0.3 is 19.5 Å². The van der Waals surface area contributed by atoms with Gasteiger partial charge in [-0.1, -0.05) is 24.4 Å². The fraction of sp³-hybridized carbons (Fsp3) is 0.364. The molecule has 6 heteroatoms. The zero-order valence-corrected chi connectivity index (χ0v) is 17.4. The molecule has 0 unspecified atom stereocenters. The molecule has 3 rings (SSSR count). The van der Waals surface area contributed by atoms with Crippen molar-refractivity contribution in [1.29, 1.82) is 0 Å². The van der Waals surface area contributed by atoms with Crippen LogP contribution in [0.25, 0.3) is 0 Å². The lowest BCUT2D eigenvalue weighted by Gasteiger charge is -2.28. The topological polar surface area (TPSA) is 56.8 Å². The highest BCUT2D eigenvalue weighted by Crippen LogP contribution is 2.29. The second-order valence-electron chi connectivity index (χ2n) is 7.76. The zero-order chi connectivity index (χ0) is 20.3. The Morgan fingerprint density at radius 1 is 1.07 bits per heavy atom. The van der Waals surface area contributed by atoms with Crippen LogP contribution in [0.1, 0.15) is 31.9 Å². The number of methoxy groups -OCH3 is 1. The summed E-state index contributed by atoms with van der Waals surface area (Å²) in [5.74, 6) is 2.17. The van der Waals surface area contributed by atoms with Crippen molar-refractivity contribution in [2.45, 2.75) is 45.3 Å². The smallest absolute Gasteiger partial charge is 0.408 e. The van der Waals surface area contributed by atoms with Crippen molar-refractivity contribution >= 4 is 23.2 Å². The second-order valence-corrected chi connectivity index (χ2v) is 8.28. The van der Waals surface area contributed by atoms with Gasteiger partial charge in [-0.05, 0) is 62.6 Å². The zero-order valence-electron chi connectivity index (χ0n) is 16.6. The van der Waals surface area contributed by atoms with Crippen LogP contribution in [0.15, 0.2) is 42.5 Å². The van der Waals surface area contributed by atoms with Crippen LogP contribution in [0.3, 0.4) is 0 Å². The lowest BCUT2D eigenvalue weighted by Crippen LogP contribution is -2.46. The fourth-order valence-electron chi connectivity index (χ4n) is 3.06. The lowest BCUT2D eigenvalue weighted by molar-refractivity contribution is 0.0518. The molecule has 0 heterocycles. The summed E-state index contributed by atoms with van der Waals surface area (Å²) in [6.45, 7) is 5.51. The van der Waals surface area contributed by atoms with Gasteiger partial charge in [-0.2, -0.15) is 0 Å². The SMILES string of the molecule is COc1cccc(Oc2ccc3c(c2)C[C@@H](NC(=O)OC(C)(C)C)C(=S)C3)c1. The molecular weight excluding hydrogens is 374 g/mol. The summed E-state index contributed by atoms with van der Waals surface area (Å²) < 4.78 is 16.6. The van der Waals surface area contributed by atoms with Crippen LogP contribution in [0.2, 0.25) is 0 Å². The van der Waals surface area contributed by atoms with Crippen LogP contribution in [-0.4, -0.2) is 29.7 Å². The number of ether oxygens (including phenoxy) is 3. The molecule has 28 heavy (non-hydrogen) atoms. The molecule has 1 atom stereocenters. The van der Waals surface area contributed by atoms with Crippen LogP contribution in [0, 0.1) is 0 Å². The Hall–Kier alpha value is -2.60. The fourth-order valence-corrected chi connectivity index (χ4v) is 3.35. The third-order valence-corrected chi connectivity index (χ3v) is 4.75. The number of amides is 1. The molecule has 0 spiro atoms. The number of hydrogen-bond donors (Lipinski definition) is 1. The molecule has 0 bridgehead atoms. The molecular formula is C22H25NO4S. The van der Waals surface area contributed by atoms with E-state index in [0.717, 1.165) is 27.5 Å². The molecule has 0 radical (unpaired) electrons. The number of alkyl carbamates (subject to hydrolysis) is 1. The Morgan fingerprint density at radius 3 is 2.50 bits per heavy atom. The first-order chi connectivity index (χ1) is 13.2. The maximum atomic E-state index is 12.1. The molecule has 0 fully saturated rings. The van der Waals surface area contributed by atoms with Crippen molar-refractivity contribution in [3.8, 4) is 17.2 Å². The lowest BCUT2D eigenvalue weighted by atomic mass is 9.88. The minimum Gasteiger partial charge on any atom is -0.497 e. The molecule has 2 aromatic carbocycles. The monoisotopic (exact) mass is 399 g/mol. The first-order valence-electron chi connectivity index (χ1n) is 9.19. The Labute approximate surface area is 171 Å². The summed E-state index contributed by atoms with van der Waals surface area (Å²) in [7, 11) is 1.62. The summed E-state index contributed by atoms with van der Waals surface area (Å²) >= 11 is 5.51. The Morgan fingerprint density at radius 2 is 1.79 bits per heavy atom. The van der Waals surface area contributed by atoms with Gasteiger partial charge in [-0.15, -0.1) is 0 Å². The third kappa shape index (κ3) is 5.23. The average Bonchev–Trinajstić information content (AvgIpc) is 2.61. The van der Waals surface area contributed by atoms with Gasteiger partial charge in [0.1, 0.15) is 22.8 Å². The van der Waals surface area contributed by atoms with E-state index in [-0.39, 0.29) is 6.04 Å². The Bertz CT molecular complexity index is 888. The molecule has 148 valence electrons. The molecule has 1 N–H and O–H groups in total. The molecule has 0 aromatic heterocycles. The van der Waals surface area contributed by atoms with Gasteiger partial charge in [0, 0.05) is 17.4 Å². The number of thiocarbonyl (C=S) groups is 1. The van der Waals surface area contributed by atoms with Gasteiger partial charge in [-0.25, -0.2) is 4.79 Å². The average molecular weight is 400 g/mol. The van der Waals surface area contributed by atoms with Gasteiger partial charge in [0.05, 0.1) is 13.2 Å². The van der Waals surface area contributed by atoms with Gasteiger partial charge in [0.2, 0.25) is 0 Å². The summed E-state index contributed by atoms with van der Waals surface area (Å²) in [4.78, 5) is 12.9. The van der Waals surface area contributed by atoms with Crippen molar-refractivity contribution in [1.82, 2.24) is 5.32 Å². The van der Waals surface area contributed by atoms with Crippen molar-refractivity contribution in [3.05, 3.63) is 53.6 Å². The minimum absolute atomic E-state index is 0.232. The summed E-state index contributed by atoms with van der Waals surface area (Å²) in [5, 5.41) is 2.89. The normalized spacial score (nSPS) is 16.1. The van der Waals surface area contributed by atoms with Gasteiger partial charge in [0.15, 0.2) is 0 Å². The van der Waals surface area contributed by atoms with E-state index in [1.807, 2.05) is 63.2 Å². The number of hydrogen-bond acceptors (Lipinski definition) is 5. The molecule has 1 aliphatic carbocycles. The summed E-state index contributed by atoms with van der Waals surface area (Å²) in [5.41, 5.74) is 1.72. The predicted octanol–water partition coefficient (Wildman–Crippen LogP) is 4.85. The van der Waals surface area contributed by atoms with Crippen LogP contribution < -0.4 is 14.8 Å². The van der Waals surface area contributed by atoms with Gasteiger partial charge >= 0.3 is 6.09 Å². The van der Waals surface area contributed by atoms with E-state index < -0.39 is 11.7 Å². The maximum Gasteiger partial charge on any atom is 0.408 e. The molecule has 0 saturated carbocycles. The first-order valence-corrected chi connectivity index (χ1v) is 9.60. The highest BCUT2D eigenvalue weighted by atomic mass is 32.1. The Balaban J connectivity index is 1.72. The highest BCUT2D eigenvalue weighted by Gasteiger charge is 2.27. The summed E-state index contributed by atoms with van der Waals surface area (Å²) in [6.07, 6.45) is 0.805. The van der Waals surface area contributed by atoms with Crippen LogP contribution >= 0.6 is 12.2 Å². The number of fused-ring (bicyclic) bond motifs is 1. The number of carbonyl (C=O) groups excluding carboxylic acids is 1. The summed E-state index contributed by atoms with van der Waals surface area (Å²) in [6, 6.07) is 13.2. The van der Waals surface area contributed by atoms with E-state index in [1.54, 1.807) is 7.11 Å². The van der Waals surface area contributed by atoms with Crippen molar-refractivity contribution in [2.75, 3.05) is 7.11 Å². The van der Waals surface area contributed by atoms with Crippen molar-refractivity contribution in [3.63, 3.8) is 0 Å². The number of carbonyl (C=O) groups is 1. The first kappa shape index (κ1) is 20.1. The van der Waals surface area contributed by atoms with E-state index in [1.165, 1.54) is 0 Å². The van der Waals surface area contributed by atoms with Gasteiger partial charge in [-0.3, -0.25) is 0 Å². The molecule has 5 nitrogen and oxygen atoms in total. The number of nitrogens with one attached hydrogen (secondary N) is 1. The quantitative estimate of drug-likeness (QED) is 0.745. The van der Waals surface area contributed by atoms with E-state index in [0.29, 0.717) is 18.6 Å². The van der Waals surface area contributed by atoms with Crippen molar-refractivity contribution < 1.29 is 19.0 Å². The predicted molar refractivity (Wildman–Crippen MR) is 113 cm³/mol. The molecule has 0 saturated heterocycles. The third-order valence-electron chi connectivity index (χ3n) is 4.32. The number of rotatable bonds is 4. The van der Waals surface area contributed by atoms with E-state index >= 15 is 0 Å². The molecule has 2 aromatic rings. The molecule has 0 aliphatic heterocycles.